The van der Waals surface area contributed by atoms with E-state index in [0.29, 0.717) is 31.0 Å². The van der Waals surface area contributed by atoms with Crippen LogP contribution in [0.4, 0.5) is 119 Å². The Hall–Kier alpha value is -13.3. The smallest absolute Gasteiger partial charge is 0.270 e. The molecule has 0 bridgehead atoms. The molecule has 11 aromatic carbocycles. The van der Waals surface area contributed by atoms with Crippen molar-refractivity contribution in [3.8, 4) is 10.6 Å². The molecular formula is C94H95ClN18O11S6. The summed E-state index contributed by atoms with van der Waals surface area (Å²) in [5, 5.41) is 51.2. The predicted molar refractivity (Wildman–Crippen MR) is 530 cm³/mol. The van der Waals surface area contributed by atoms with Gasteiger partial charge in [0, 0.05) is 269 Å². The summed E-state index contributed by atoms with van der Waals surface area (Å²) in [5.74, 6) is -0.221. The fourth-order valence-electron chi connectivity index (χ4n) is 14.0. The maximum Gasteiger partial charge on any atom is 0.270 e. The molecule has 11 aromatic rings. The van der Waals surface area contributed by atoms with E-state index in [1.807, 2.05) is 92.4 Å². The maximum absolute atomic E-state index is 12.3. The van der Waals surface area contributed by atoms with Gasteiger partial charge in [0.05, 0.1) is 97.4 Å². The molecule has 6 heterocycles. The molecule has 36 heteroatoms. The lowest BCUT2D eigenvalue weighted by Gasteiger charge is -2.32. The minimum absolute atomic E-state index is 0. The Labute approximate surface area is 784 Å². The van der Waals surface area contributed by atoms with E-state index in [1.54, 1.807) is 70.6 Å². The fraction of sp³-hybridized carbons (Fsp3) is 0.202. The summed E-state index contributed by atoms with van der Waals surface area (Å²) in [5.41, 5.74) is 18.8. The quantitative estimate of drug-likeness (QED) is 0.0526. The maximum atomic E-state index is 12.3. The highest BCUT2D eigenvalue weighted by Crippen LogP contribution is 2.55. The van der Waals surface area contributed by atoms with Crippen molar-refractivity contribution < 1.29 is 46.5 Å². The van der Waals surface area contributed by atoms with Crippen LogP contribution in [-0.2, 0) is 14.4 Å². The van der Waals surface area contributed by atoms with Crippen molar-refractivity contribution in [3.63, 3.8) is 0 Å². The molecule has 0 atom stereocenters. The molecule has 0 fully saturated rings. The van der Waals surface area contributed by atoms with E-state index in [9.17, 15) is 54.8 Å². The van der Waals surface area contributed by atoms with E-state index in [0.717, 1.165) is 99.4 Å². The van der Waals surface area contributed by atoms with Crippen molar-refractivity contribution >= 4 is 218 Å². The molecule has 0 unspecified atom stereocenters. The summed E-state index contributed by atoms with van der Waals surface area (Å²) in [6.07, 6.45) is 0. The van der Waals surface area contributed by atoms with Gasteiger partial charge in [-0.15, -0.1) is 11.3 Å². The molecule has 130 heavy (non-hydrogen) atoms. The first-order valence-electron chi connectivity index (χ1n) is 40.2. The molecule has 0 spiro atoms. The second kappa shape index (κ2) is 40.6. The molecule has 670 valence electrons. The van der Waals surface area contributed by atoms with Crippen LogP contribution in [0.25, 0.3) is 20.8 Å². The number of halogens is 1. The first-order chi connectivity index (χ1) is 61.3. The van der Waals surface area contributed by atoms with Crippen LogP contribution >= 0.6 is 70.1 Å². The van der Waals surface area contributed by atoms with Crippen LogP contribution in [0.1, 0.15) is 20.8 Å². The molecular weight excluding hydrogens is 1790 g/mol. The predicted octanol–water partition coefficient (Wildman–Crippen LogP) is 18.8. The van der Waals surface area contributed by atoms with Gasteiger partial charge in [-0.1, -0.05) is 58.8 Å². The third kappa shape index (κ3) is 21.5. The van der Waals surface area contributed by atoms with E-state index >= 15 is 0 Å². The van der Waals surface area contributed by atoms with Crippen molar-refractivity contribution in [3.05, 3.63) is 264 Å². The van der Waals surface area contributed by atoms with Gasteiger partial charge in [-0.05, 0) is 158 Å². The molecule has 0 saturated heterocycles. The number of nitrogens with one attached hydrogen (secondary N) is 2. The van der Waals surface area contributed by atoms with Crippen LogP contribution in [0, 0.1) is 40.5 Å². The first kappa shape index (κ1) is 95.8. The number of nitro groups is 4. The zero-order chi connectivity index (χ0) is 93.0. The van der Waals surface area contributed by atoms with E-state index < -0.39 is 19.7 Å². The van der Waals surface area contributed by atoms with Crippen LogP contribution in [0.3, 0.4) is 0 Å². The Morgan fingerprint density at radius 2 is 0.546 bits per heavy atom. The summed E-state index contributed by atoms with van der Waals surface area (Å²) < 4.78 is 3.34. The van der Waals surface area contributed by atoms with Crippen LogP contribution in [-0.4, -0.2) is 155 Å². The number of carbonyl (C=O) groups is 3. The number of aromatic nitrogens is 1. The normalized spacial score (nSPS) is 12.0. The summed E-state index contributed by atoms with van der Waals surface area (Å²) in [7, 11) is 32.7. The summed E-state index contributed by atoms with van der Waals surface area (Å²) in [4.78, 5) is 113. The van der Waals surface area contributed by atoms with Gasteiger partial charge in [0.15, 0.2) is 0 Å². The Balaban J connectivity index is 0.000000141. The van der Waals surface area contributed by atoms with Crippen LogP contribution in [0.5, 0.6) is 0 Å². The molecule has 0 aromatic heterocycles. The Morgan fingerprint density at radius 3 is 0.838 bits per heavy atom. The highest BCUT2D eigenvalue weighted by Gasteiger charge is 2.33. The second-order valence-corrected chi connectivity index (χ2v) is 38.2. The standard InChI is InChI=1S/2C18H21N3OS.C16H19N3S.C16H18N3S.C14H9N3O5S.C12H7N3O4S.ClH/c2*1-12(22)21-15-8-6-13(19(2)3)10-17(15)23-18-11-14(20(4)5)7-9-16(18)21;2*1-18(2)11-5-7-13-15(9-11)20-16-10-12(19(3)4)6-8-14(16)17-13;1-8(18)15-11-4-2-9(16(19)20)6-13(11)23-14-7-10(17(21)22)3-5-12(14)15;16-14(17)7-1-3-9-11(5-7)20-12-6-8(15(18)19)2-4-10(12)13-9;/h2*6-11H,1-5H3;5-10,17H,1-4H3;5-10H,1-4H3;2-7H,1H3;1-6,13H;1H/q;;;+1;;;/p-1. The van der Waals surface area contributed by atoms with E-state index in [-0.39, 0.29) is 52.9 Å². The SMILES string of the molecule is CC(=O)N1c2ccc(N(C)C)cc2Sc2cc(N(C)C)ccc21.CC(=O)N1c2ccc(N(C)C)cc2Sc2cc(N(C)C)ccc21.CC(=O)N1c2ccc([N+](=O)[O-])cc2Sc2cc([N+](=O)[O-])ccc21.CN(C)c1ccc2c(c1)Sc1cc(N(C)C)ccc1N2.CN(C)c1ccc2nc3ccc(=[N+](C)C)cc-3sc2c1.O=[N+]([O-])c1ccc2c(c1)Sc1cc([N+](=O)[O-])ccc1N2.[Cl-]. The van der Waals surface area contributed by atoms with Gasteiger partial charge < -0.3 is 57.3 Å². The number of amides is 3. The molecule has 0 saturated carbocycles. The van der Waals surface area contributed by atoms with Gasteiger partial charge in [-0.25, -0.2) is 9.56 Å². The van der Waals surface area contributed by atoms with Gasteiger partial charge in [-0.3, -0.25) is 69.5 Å². The third-order valence-corrected chi connectivity index (χ3v) is 27.5. The van der Waals surface area contributed by atoms with Gasteiger partial charge >= 0.3 is 0 Å². The van der Waals surface area contributed by atoms with Gasteiger partial charge in [0.1, 0.15) is 14.1 Å². The van der Waals surface area contributed by atoms with Crippen molar-refractivity contribution in [2.45, 2.75) is 69.7 Å². The van der Waals surface area contributed by atoms with Gasteiger partial charge in [-0.2, -0.15) is 0 Å². The zero-order valence-electron chi connectivity index (χ0n) is 74.8. The van der Waals surface area contributed by atoms with Crippen LogP contribution < -0.4 is 82.0 Å². The summed E-state index contributed by atoms with van der Waals surface area (Å²) in [6.45, 7) is 4.60. The fourth-order valence-corrected chi connectivity index (χ4v) is 20.5. The number of hydrogen-bond acceptors (Lipinski definition) is 27. The van der Waals surface area contributed by atoms with Gasteiger partial charge in [0.25, 0.3) is 22.7 Å². The summed E-state index contributed by atoms with van der Waals surface area (Å²) >= 11 is 9.51. The monoisotopic (exact) mass is 1880 g/mol. The lowest BCUT2D eigenvalue weighted by molar-refractivity contribution is -0.385. The highest BCUT2D eigenvalue weighted by atomic mass is 35.5. The minimum atomic E-state index is -0.526. The number of carbonyl (C=O) groups excluding carboxylic acids is 3. The lowest BCUT2D eigenvalue weighted by Crippen LogP contribution is -3.00. The molecule has 6 aliphatic heterocycles. The topological polar surface area (TPSA) is 296 Å². The molecule has 1 aliphatic carbocycles. The van der Waals surface area contributed by atoms with Crippen molar-refractivity contribution in [1.29, 1.82) is 0 Å². The van der Waals surface area contributed by atoms with Crippen LogP contribution in [0.15, 0.2) is 267 Å². The molecule has 29 nitrogen and oxygen atoms in total. The van der Waals surface area contributed by atoms with Crippen molar-refractivity contribution in [2.75, 3.05) is 172 Å². The highest BCUT2D eigenvalue weighted by molar-refractivity contribution is 8.00. The number of rotatable bonds is 11. The molecule has 3 amide bonds. The number of hydrogen-bond donors (Lipinski definition) is 2. The molecule has 2 N–H and O–H groups in total. The van der Waals surface area contributed by atoms with Crippen molar-refractivity contribution in [2.24, 2.45) is 0 Å². The first-order valence-corrected chi connectivity index (χ1v) is 45.1. The Kier molecular flexibility index (Phi) is 29.9. The number of nitrogens with zero attached hydrogens (tertiary/aromatic N) is 16. The molecule has 0 radical (unpaired) electrons. The lowest BCUT2D eigenvalue weighted by atomic mass is 10.2. The average molecular weight is 1880 g/mol. The number of non-ortho nitro benzene ring substituents is 4. The number of fused-ring (bicyclic) bond motifs is 12. The number of anilines is 17. The Bertz CT molecular complexity index is 6250. The van der Waals surface area contributed by atoms with Crippen LogP contribution in [0.2, 0.25) is 0 Å². The van der Waals surface area contributed by atoms with Crippen molar-refractivity contribution in [1.82, 2.24) is 9.56 Å². The van der Waals surface area contributed by atoms with E-state index in [2.05, 4.69) is 227 Å². The molecule has 18 rings (SSSR count). The molecule has 7 aliphatic rings. The van der Waals surface area contributed by atoms with E-state index in [4.69, 9.17) is 4.98 Å². The number of nitro benzene ring substituents is 4. The zero-order valence-corrected chi connectivity index (χ0v) is 80.4. The third-order valence-electron chi connectivity index (χ3n) is 20.9. The Morgan fingerprint density at radius 1 is 0.308 bits per heavy atom. The average Bonchev–Trinajstić information content (AvgIpc) is 0.761. The number of benzene rings is 12. The largest absolute Gasteiger partial charge is 1.00 e. The van der Waals surface area contributed by atoms with Gasteiger partial charge in [0.2, 0.25) is 23.1 Å². The minimum Gasteiger partial charge on any atom is -1.00 e. The second-order valence-electron chi connectivity index (χ2n) is 31.7. The summed E-state index contributed by atoms with van der Waals surface area (Å²) in [6, 6.07) is 68.2. The van der Waals surface area contributed by atoms with E-state index in [1.165, 1.54) is 137 Å².